The SMILES string of the molecule is CC1CCC(NC2c3ccccc3-c3ccccc32)C1. The van der Waals surface area contributed by atoms with Crippen LogP contribution in [-0.4, -0.2) is 6.04 Å². The van der Waals surface area contributed by atoms with E-state index < -0.39 is 0 Å². The van der Waals surface area contributed by atoms with Gasteiger partial charge in [-0.25, -0.2) is 0 Å². The summed E-state index contributed by atoms with van der Waals surface area (Å²) >= 11 is 0. The van der Waals surface area contributed by atoms with Gasteiger partial charge in [0.05, 0.1) is 6.04 Å². The summed E-state index contributed by atoms with van der Waals surface area (Å²) in [6.45, 7) is 2.37. The van der Waals surface area contributed by atoms with Crippen LogP contribution in [0.1, 0.15) is 43.4 Å². The molecule has 0 heterocycles. The second-order valence-corrected chi connectivity index (χ2v) is 6.39. The zero-order valence-electron chi connectivity index (χ0n) is 12.0. The number of rotatable bonds is 2. The minimum absolute atomic E-state index is 0.387. The molecule has 0 aliphatic heterocycles. The lowest BCUT2D eigenvalue weighted by Gasteiger charge is -2.21. The molecular weight excluding hydrogens is 242 g/mol. The zero-order valence-corrected chi connectivity index (χ0v) is 12.0. The van der Waals surface area contributed by atoms with Crippen molar-refractivity contribution in [3.05, 3.63) is 59.7 Å². The van der Waals surface area contributed by atoms with Gasteiger partial charge in [-0.05, 0) is 47.4 Å². The Balaban J connectivity index is 1.72. The topological polar surface area (TPSA) is 12.0 Å². The molecule has 0 bridgehead atoms. The number of hydrogen-bond acceptors (Lipinski definition) is 1. The summed E-state index contributed by atoms with van der Waals surface area (Å²) in [4.78, 5) is 0. The molecule has 2 aromatic rings. The van der Waals surface area contributed by atoms with E-state index >= 15 is 0 Å². The largest absolute Gasteiger partial charge is 0.303 e. The molecule has 2 unspecified atom stereocenters. The van der Waals surface area contributed by atoms with Gasteiger partial charge >= 0.3 is 0 Å². The van der Waals surface area contributed by atoms with Gasteiger partial charge in [0.1, 0.15) is 0 Å². The Kier molecular flexibility index (Phi) is 2.89. The molecule has 1 saturated carbocycles. The van der Waals surface area contributed by atoms with Crippen LogP contribution >= 0.6 is 0 Å². The van der Waals surface area contributed by atoms with Gasteiger partial charge in [0, 0.05) is 6.04 Å². The minimum atomic E-state index is 0.387. The fourth-order valence-electron chi connectivity index (χ4n) is 3.93. The van der Waals surface area contributed by atoms with Gasteiger partial charge in [0.2, 0.25) is 0 Å². The lowest BCUT2D eigenvalue weighted by molar-refractivity contribution is 0.469. The lowest BCUT2D eigenvalue weighted by Crippen LogP contribution is -2.30. The van der Waals surface area contributed by atoms with E-state index in [0.717, 1.165) is 5.92 Å². The number of nitrogens with one attached hydrogen (secondary N) is 1. The van der Waals surface area contributed by atoms with E-state index in [1.807, 2.05) is 0 Å². The van der Waals surface area contributed by atoms with E-state index in [1.54, 1.807) is 0 Å². The highest BCUT2D eigenvalue weighted by Gasteiger charge is 2.31. The molecule has 0 spiro atoms. The van der Waals surface area contributed by atoms with Gasteiger partial charge in [-0.3, -0.25) is 0 Å². The summed E-state index contributed by atoms with van der Waals surface area (Å²) in [5.41, 5.74) is 5.72. The molecule has 1 nitrogen and oxygen atoms in total. The maximum atomic E-state index is 3.92. The molecule has 2 aromatic carbocycles. The molecule has 1 heteroatoms. The molecule has 2 aliphatic rings. The van der Waals surface area contributed by atoms with Crippen molar-refractivity contribution in [1.29, 1.82) is 0 Å². The minimum Gasteiger partial charge on any atom is -0.303 e. The first-order valence-electron chi connectivity index (χ1n) is 7.77. The lowest BCUT2D eigenvalue weighted by atomic mass is 10.0. The molecule has 0 aromatic heterocycles. The van der Waals surface area contributed by atoms with E-state index in [0.29, 0.717) is 12.1 Å². The van der Waals surface area contributed by atoms with Crippen molar-refractivity contribution >= 4 is 0 Å². The van der Waals surface area contributed by atoms with Crippen molar-refractivity contribution in [3.8, 4) is 11.1 Å². The summed E-state index contributed by atoms with van der Waals surface area (Å²) in [7, 11) is 0. The monoisotopic (exact) mass is 263 g/mol. The van der Waals surface area contributed by atoms with Crippen LogP contribution in [0.15, 0.2) is 48.5 Å². The standard InChI is InChI=1S/C19H21N/c1-13-10-11-14(12-13)20-19-17-8-4-2-6-15(17)16-7-3-5-9-18(16)19/h2-9,13-14,19-20H,10-12H2,1H3. The second-order valence-electron chi connectivity index (χ2n) is 6.39. The van der Waals surface area contributed by atoms with Crippen molar-refractivity contribution < 1.29 is 0 Å². The average molecular weight is 263 g/mol. The first kappa shape index (κ1) is 12.2. The number of benzene rings is 2. The molecule has 0 saturated heterocycles. The Bertz CT molecular complexity index is 586. The second kappa shape index (κ2) is 4.75. The van der Waals surface area contributed by atoms with Crippen LogP contribution < -0.4 is 5.32 Å². The predicted molar refractivity (Wildman–Crippen MR) is 83.7 cm³/mol. The molecule has 1 N–H and O–H groups in total. The summed E-state index contributed by atoms with van der Waals surface area (Å²) in [5.74, 6) is 0.874. The molecule has 1 fully saturated rings. The summed E-state index contributed by atoms with van der Waals surface area (Å²) in [5, 5.41) is 3.92. The normalized spacial score (nSPS) is 24.6. The van der Waals surface area contributed by atoms with Crippen LogP contribution in [0, 0.1) is 5.92 Å². The third-order valence-corrected chi connectivity index (χ3v) is 4.93. The van der Waals surface area contributed by atoms with E-state index in [4.69, 9.17) is 0 Å². The highest BCUT2D eigenvalue weighted by molar-refractivity contribution is 5.78. The zero-order chi connectivity index (χ0) is 13.5. The Labute approximate surface area is 121 Å². The third kappa shape index (κ3) is 1.89. The maximum Gasteiger partial charge on any atom is 0.0591 e. The fraction of sp³-hybridized carbons (Fsp3) is 0.368. The molecule has 102 valence electrons. The Morgan fingerprint density at radius 2 is 1.45 bits per heavy atom. The van der Waals surface area contributed by atoms with Crippen LogP contribution in [-0.2, 0) is 0 Å². The summed E-state index contributed by atoms with van der Waals surface area (Å²) < 4.78 is 0. The highest BCUT2D eigenvalue weighted by Crippen LogP contribution is 2.44. The number of hydrogen-bond donors (Lipinski definition) is 1. The van der Waals surface area contributed by atoms with Crippen molar-refractivity contribution in [1.82, 2.24) is 5.32 Å². The van der Waals surface area contributed by atoms with Crippen LogP contribution in [0.3, 0.4) is 0 Å². The molecule has 4 rings (SSSR count). The molecule has 20 heavy (non-hydrogen) atoms. The molecule has 0 amide bonds. The average Bonchev–Trinajstić information content (AvgIpc) is 3.03. The molecule has 0 radical (unpaired) electrons. The van der Waals surface area contributed by atoms with Gasteiger partial charge in [-0.2, -0.15) is 0 Å². The Morgan fingerprint density at radius 1 is 0.850 bits per heavy atom. The van der Waals surface area contributed by atoms with Gasteiger partial charge in [-0.15, -0.1) is 0 Å². The van der Waals surface area contributed by atoms with Crippen molar-refractivity contribution in [3.63, 3.8) is 0 Å². The quantitative estimate of drug-likeness (QED) is 0.839. The van der Waals surface area contributed by atoms with Gasteiger partial charge in [0.15, 0.2) is 0 Å². The summed E-state index contributed by atoms with van der Waals surface area (Å²) in [6.07, 6.45) is 4.01. The predicted octanol–water partition coefficient (Wildman–Crippen LogP) is 4.53. The highest BCUT2D eigenvalue weighted by atomic mass is 15.0. The van der Waals surface area contributed by atoms with Gasteiger partial charge in [0.25, 0.3) is 0 Å². The van der Waals surface area contributed by atoms with E-state index in [-0.39, 0.29) is 0 Å². The third-order valence-electron chi connectivity index (χ3n) is 4.93. The van der Waals surface area contributed by atoms with E-state index in [2.05, 4.69) is 60.8 Å². The van der Waals surface area contributed by atoms with Crippen LogP contribution in [0.5, 0.6) is 0 Å². The van der Waals surface area contributed by atoms with E-state index in [9.17, 15) is 0 Å². The summed E-state index contributed by atoms with van der Waals surface area (Å²) in [6, 6.07) is 18.8. The number of fused-ring (bicyclic) bond motifs is 3. The molecule has 2 atom stereocenters. The van der Waals surface area contributed by atoms with Crippen molar-refractivity contribution in [2.45, 2.75) is 38.3 Å². The van der Waals surface area contributed by atoms with Gasteiger partial charge < -0.3 is 5.32 Å². The van der Waals surface area contributed by atoms with Gasteiger partial charge in [-0.1, -0.05) is 55.5 Å². The smallest absolute Gasteiger partial charge is 0.0591 e. The molecule has 2 aliphatic carbocycles. The van der Waals surface area contributed by atoms with Crippen LogP contribution in [0.2, 0.25) is 0 Å². The fourth-order valence-corrected chi connectivity index (χ4v) is 3.93. The first-order chi connectivity index (χ1) is 9.83. The Morgan fingerprint density at radius 3 is 2.00 bits per heavy atom. The molecular formula is C19H21N. The van der Waals surface area contributed by atoms with Crippen molar-refractivity contribution in [2.75, 3.05) is 0 Å². The van der Waals surface area contributed by atoms with Crippen molar-refractivity contribution in [2.24, 2.45) is 5.92 Å². The first-order valence-corrected chi connectivity index (χ1v) is 7.77. The maximum absolute atomic E-state index is 3.92. The Hall–Kier alpha value is -1.60. The van der Waals surface area contributed by atoms with E-state index in [1.165, 1.54) is 41.5 Å². The van der Waals surface area contributed by atoms with Crippen LogP contribution in [0.4, 0.5) is 0 Å². The van der Waals surface area contributed by atoms with Crippen LogP contribution in [0.25, 0.3) is 11.1 Å².